The van der Waals surface area contributed by atoms with E-state index >= 15 is 0 Å². The van der Waals surface area contributed by atoms with Crippen LogP contribution in [0.3, 0.4) is 0 Å². The summed E-state index contributed by atoms with van der Waals surface area (Å²) in [5.41, 5.74) is 0.278. The minimum atomic E-state index is -0.341. The summed E-state index contributed by atoms with van der Waals surface area (Å²) < 4.78 is 5.30. The zero-order chi connectivity index (χ0) is 13.8. The Morgan fingerprint density at radius 1 is 1.63 bits per heavy atom. The van der Waals surface area contributed by atoms with Crippen molar-refractivity contribution in [3.8, 4) is 5.75 Å². The van der Waals surface area contributed by atoms with E-state index in [2.05, 4.69) is 10.3 Å². The lowest BCUT2D eigenvalue weighted by atomic mass is 10.2. The number of likely N-dealkylation sites (N-methyl/N-ethyl adjacent to an activating group) is 1. The first-order valence-corrected chi connectivity index (χ1v) is 5.84. The highest BCUT2D eigenvalue weighted by Gasteiger charge is 2.23. The second-order valence-electron chi connectivity index (χ2n) is 4.35. The number of hydrogen-bond acceptors (Lipinski definition) is 5. The predicted molar refractivity (Wildman–Crippen MR) is 65.6 cm³/mol. The summed E-state index contributed by atoms with van der Waals surface area (Å²) in [5, 5.41) is 11.9. The van der Waals surface area contributed by atoms with Gasteiger partial charge in [-0.05, 0) is 6.07 Å². The van der Waals surface area contributed by atoms with Gasteiger partial charge in [-0.2, -0.15) is 0 Å². The number of aromatic hydroxyl groups is 1. The van der Waals surface area contributed by atoms with E-state index in [0.717, 1.165) is 0 Å². The van der Waals surface area contributed by atoms with Gasteiger partial charge < -0.3 is 20.1 Å². The topological polar surface area (TPSA) is 91.8 Å². The SMILES string of the molecule is CN1CC(CNC(=O)c2cncc(O)c2)OCC1=O. The van der Waals surface area contributed by atoms with Gasteiger partial charge in [0, 0.05) is 26.3 Å². The fourth-order valence-corrected chi connectivity index (χ4v) is 1.74. The van der Waals surface area contributed by atoms with E-state index in [0.29, 0.717) is 13.1 Å². The van der Waals surface area contributed by atoms with E-state index in [9.17, 15) is 14.7 Å². The molecule has 7 heteroatoms. The summed E-state index contributed by atoms with van der Waals surface area (Å²) in [5.74, 6) is -0.474. The van der Waals surface area contributed by atoms with Gasteiger partial charge in [0.15, 0.2) is 0 Å². The van der Waals surface area contributed by atoms with Gasteiger partial charge in [0.05, 0.1) is 17.9 Å². The Kier molecular flexibility index (Phi) is 3.96. The van der Waals surface area contributed by atoms with Crippen LogP contribution in [0.25, 0.3) is 0 Å². The van der Waals surface area contributed by atoms with Gasteiger partial charge in [0.2, 0.25) is 5.91 Å². The van der Waals surface area contributed by atoms with Crippen LogP contribution in [0.2, 0.25) is 0 Å². The van der Waals surface area contributed by atoms with Crippen LogP contribution in [0.1, 0.15) is 10.4 Å². The fraction of sp³-hybridized carbons (Fsp3) is 0.417. The number of nitrogens with zero attached hydrogens (tertiary/aromatic N) is 2. The van der Waals surface area contributed by atoms with E-state index in [-0.39, 0.29) is 35.8 Å². The number of hydrogen-bond donors (Lipinski definition) is 2. The molecule has 1 fully saturated rings. The van der Waals surface area contributed by atoms with Crippen LogP contribution >= 0.6 is 0 Å². The second-order valence-corrected chi connectivity index (χ2v) is 4.35. The Labute approximate surface area is 110 Å². The second kappa shape index (κ2) is 5.66. The maximum Gasteiger partial charge on any atom is 0.253 e. The van der Waals surface area contributed by atoms with Crippen LogP contribution in [0.5, 0.6) is 5.75 Å². The molecule has 1 saturated heterocycles. The van der Waals surface area contributed by atoms with Gasteiger partial charge in [-0.15, -0.1) is 0 Å². The van der Waals surface area contributed by atoms with Crippen LogP contribution in [-0.2, 0) is 9.53 Å². The molecule has 1 aromatic heterocycles. The molecule has 2 heterocycles. The summed E-state index contributed by atoms with van der Waals surface area (Å²) in [4.78, 5) is 28.3. The third-order valence-electron chi connectivity index (χ3n) is 2.82. The molecule has 0 spiro atoms. The Morgan fingerprint density at radius 3 is 3.11 bits per heavy atom. The van der Waals surface area contributed by atoms with Crippen molar-refractivity contribution in [3.63, 3.8) is 0 Å². The highest BCUT2D eigenvalue weighted by Crippen LogP contribution is 2.08. The van der Waals surface area contributed by atoms with E-state index in [1.54, 1.807) is 11.9 Å². The van der Waals surface area contributed by atoms with Gasteiger partial charge in [0.25, 0.3) is 5.91 Å². The third-order valence-corrected chi connectivity index (χ3v) is 2.82. The highest BCUT2D eigenvalue weighted by atomic mass is 16.5. The first-order chi connectivity index (χ1) is 9.06. The fourth-order valence-electron chi connectivity index (χ4n) is 1.74. The van der Waals surface area contributed by atoms with Crippen LogP contribution in [0.15, 0.2) is 18.5 Å². The molecule has 102 valence electrons. The Bertz CT molecular complexity index is 492. The van der Waals surface area contributed by atoms with E-state index in [4.69, 9.17) is 4.74 Å². The average molecular weight is 265 g/mol. The molecular formula is C12H15N3O4. The van der Waals surface area contributed by atoms with Gasteiger partial charge in [0.1, 0.15) is 12.4 Å². The maximum atomic E-state index is 11.8. The van der Waals surface area contributed by atoms with Gasteiger partial charge in [-0.1, -0.05) is 0 Å². The zero-order valence-electron chi connectivity index (χ0n) is 10.5. The number of amides is 2. The highest BCUT2D eigenvalue weighted by molar-refractivity contribution is 5.94. The number of morpholine rings is 1. The van der Waals surface area contributed by atoms with Crippen LogP contribution in [-0.4, -0.2) is 59.7 Å². The molecule has 19 heavy (non-hydrogen) atoms. The molecule has 1 aliphatic heterocycles. The average Bonchev–Trinajstić information content (AvgIpc) is 2.40. The van der Waals surface area contributed by atoms with Crippen molar-refractivity contribution in [1.29, 1.82) is 0 Å². The molecule has 1 atom stereocenters. The predicted octanol–water partition coefficient (Wildman–Crippen LogP) is -0.626. The van der Waals surface area contributed by atoms with Crippen molar-refractivity contribution in [3.05, 3.63) is 24.0 Å². The molecule has 2 rings (SSSR count). The minimum Gasteiger partial charge on any atom is -0.506 e. The molecule has 1 unspecified atom stereocenters. The number of aromatic nitrogens is 1. The molecule has 0 aromatic carbocycles. The summed E-state index contributed by atoms with van der Waals surface area (Å²) in [7, 11) is 1.69. The first-order valence-electron chi connectivity index (χ1n) is 5.84. The Balaban J connectivity index is 1.85. The van der Waals surface area contributed by atoms with Crippen molar-refractivity contribution in [2.45, 2.75) is 6.10 Å². The summed E-state index contributed by atoms with van der Waals surface area (Å²) >= 11 is 0. The normalized spacial score (nSPS) is 19.3. The number of carbonyl (C=O) groups is 2. The lowest BCUT2D eigenvalue weighted by Gasteiger charge is -2.29. The smallest absolute Gasteiger partial charge is 0.253 e. The van der Waals surface area contributed by atoms with Crippen molar-refractivity contribution < 1.29 is 19.4 Å². The molecule has 1 aromatic rings. The minimum absolute atomic E-state index is 0.0325. The maximum absolute atomic E-state index is 11.8. The van der Waals surface area contributed by atoms with Crippen LogP contribution in [0, 0.1) is 0 Å². The molecular weight excluding hydrogens is 250 g/mol. The van der Waals surface area contributed by atoms with Gasteiger partial charge in [-0.25, -0.2) is 0 Å². The first kappa shape index (κ1) is 13.3. The van der Waals surface area contributed by atoms with Crippen molar-refractivity contribution in [2.75, 3.05) is 26.7 Å². The summed E-state index contributed by atoms with van der Waals surface area (Å²) in [6, 6.07) is 1.33. The molecule has 0 saturated carbocycles. The Hall–Kier alpha value is -2.15. The molecule has 2 N–H and O–H groups in total. The molecule has 0 radical (unpaired) electrons. The molecule has 0 bridgehead atoms. The van der Waals surface area contributed by atoms with E-state index in [1.807, 2.05) is 0 Å². The number of rotatable bonds is 3. The number of carbonyl (C=O) groups excluding carboxylic acids is 2. The Morgan fingerprint density at radius 2 is 2.42 bits per heavy atom. The zero-order valence-corrected chi connectivity index (χ0v) is 10.5. The number of ether oxygens (including phenoxy) is 1. The number of pyridine rings is 1. The lowest BCUT2D eigenvalue weighted by molar-refractivity contribution is -0.146. The third kappa shape index (κ3) is 3.41. The van der Waals surface area contributed by atoms with Crippen LogP contribution in [0.4, 0.5) is 0 Å². The lowest BCUT2D eigenvalue weighted by Crippen LogP contribution is -2.48. The standard InChI is InChI=1S/C12H15N3O4/c1-15-6-10(19-7-11(15)17)5-14-12(18)8-2-9(16)4-13-3-8/h2-4,10,16H,5-7H2,1H3,(H,14,18). The van der Waals surface area contributed by atoms with E-state index in [1.165, 1.54) is 18.5 Å². The summed E-state index contributed by atoms with van der Waals surface area (Å²) in [6.07, 6.45) is 2.39. The van der Waals surface area contributed by atoms with Crippen molar-refractivity contribution >= 4 is 11.8 Å². The van der Waals surface area contributed by atoms with Crippen LogP contribution < -0.4 is 5.32 Å². The van der Waals surface area contributed by atoms with Gasteiger partial charge in [-0.3, -0.25) is 14.6 Å². The van der Waals surface area contributed by atoms with Crippen molar-refractivity contribution in [1.82, 2.24) is 15.2 Å². The van der Waals surface area contributed by atoms with Crippen molar-refractivity contribution in [2.24, 2.45) is 0 Å². The largest absolute Gasteiger partial charge is 0.506 e. The van der Waals surface area contributed by atoms with Gasteiger partial charge >= 0.3 is 0 Å². The quantitative estimate of drug-likeness (QED) is 0.759. The number of nitrogens with one attached hydrogen (secondary N) is 1. The molecule has 1 aliphatic rings. The monoisotopic (exact) mass is 265 g/mol. The molecule has 7 nitrogen and oxygen atoms in total. The molecule has 2 amide bonds. The van der Waals surface area contributed by atoms with E-state index < -0.39 is 0 Å². The summed E-state index contributed by atoms with van der Waals surface area (Å²) in [6.45, 7) is 0.772. The molecule has 0 aliphatic carbocycles.